The third kappa shape index (κ3) is 2.93. The quantitative estimate of drug-likeness (QED) is 0.735. The van der Waals surface area contributed by atoms with Crippen molar-refractivity contribution in [2.24, 2.45) is 5.92 Å². The number of hydrogen-bond donors (Lipinski definition) is 2. The zero-order valence-corrected chi connectivity index (χ0v) is 11.4. The maximum atomic E-state index is 11.9. The van der Waals surface area contributed by atoms with Gasteiger partial charge in [0.15, 0.2) is 0 Å². The minimum atomic E-state index is -1.22. The molecule has 18 heavy (non-hydrogen) atoms. The molecule has 1 aliphatic rings. The van der Waals surface area contributed by atoms with Crippen molar-refractivity contribution < 1.29 is 24.5 Å². The van der Waals surface area contributed by atoms with Crippen molar-refractivity contribution in [1.29, 1.82) is 0 Å². The van der Waals surface area contributed by atoms with Crippen LogP contribution in [0, 0.1) is 5.92 Å². The zero-order chi connectivity index (χ0) is 14.3. The Bertz CT molecular complexity index is 358. The van der Waals surface area contributed by atoms with E-state index in [4.69, 9.17) is 4.74 Å². The van der Waals surface area contributed by atoms with Crippen molar-refractivity contribution in [1.82, 2.24) is 4.90 Å². The summed E-state index contributed by atoms with van der Waals surface area (Å²) in [5.41, 5.74) is -1.92. The summed E-state index contributed by atoms with van der Waals surface area (Å²) in [6.45, 7) is 8.22. The molecule has 6 heteroatoms. The summed E-state index contributed by atoms with van der Waals surface area (Å²) in [6, 6.07) is -1.06. The van der Waals surface area contributed by atoms with Crippen LogP contribution in [0.15, 0.2) is 0 Å². The van der Waals surface area contributed by atoms with Crippen molar-refractivity contribution >= 4 is 12.1 Å². The number of ether oxygens (including phenoxy) is 1. The largest absolute Gasteiger partial charge is 0.480 e. The molecule has 1 amide bonds. The molecule has 1 heterocycles. The second-order valence-electron chi connectivity index (χ2n) is 6.04. The standard InChI is InChI=1S/C12H21NO5/c1-7-8(9(14)15)13(6-12(7,5)17)10(16)18-11(2,3)4/h7-8,17H,6H2,1-5H3,(H,14,15)/t7-,8-,12-/m0/s1. The van der Waals surface area contributed by atoms with E-state index in [1.807, 2.05) is 0 Å². The normalized spacial score (nSPS) is 32.4. The second-order valence-corrected chi connectivity index (χ2v) is 6.04. The van der Waals surface area contributed by atoms with Crippen LogP contribution in [-0.2, 0) is 9.53 Å². The van der Waals surface area contributed by atoms with Crippen molar-refractivity contribution in [3.63, 3.8) is 0 Å². The molecule has 0 aliphatic carbocycles. The smallest absolute Gasteiger partial charge is 0.411 e. The molecular formula is C12H21NO5. The van der Waals surface area contributed by atoms with Gasteiger partial charge in [0, 0.05) is 5.92 Å². The Morgan fingerprint density at radius 1 is 1.39 bits per heavy atom. The van der Waals surface area contributed by atoms with Gasteiger partial charge < -0.3 is 14.9 Å². The number of carboxylic acids is 1. The van der Waals surface area contributed by atoms with Gasteiger partial charge in [-0.05, 0) is 27.7 Å². The predicted octanol–water partition coefficient (Wildman–Crippen LogP) is 1.08. The molecule has 0 aromatic heterocycles. The Morgan fingerprint density at radius 2 is 1.89 bits per heavy atom. The van der Waals surface area contributed by atoms with Gasteiger partial charge in [-0.1, -0.05) is 6.92 Å². The number of rotatable bonds is 1. The summed E-state index contributed by atoms with van der Waals surface area (Å²) < 4.78 is 5.16. The average molecular weight is 259 g/mol. The lowest BCUT2D eigenvalue weighted by Crippen LogP contribution is -2.45. The Balaban J connectivity index is 2.94. The summed E-state index contributed by atoms with van der Waals surface area (Å²) in [4.78, 5) is 24.2. The fourth-order valence-electron chi connectivity index (χ4n) is 2.04. The van der Waals surface area contributed by atoms with Gasteiger partial charge in [0.1, 0.15) is 11.6 Å². The summed E-state index contributed by atoms with van der Waals surface area (Å²) >= 11 is 0. The lowest BCUT2D eigenvalue weighted by Gasteiger charge is -2.27. The lowest BCUT2D eigenvalue weighted by molar-refractivity contribution is -0.143. The summed E-state index contributed by atoms with van der Waals surface area (Å²) in [5, 5.41) is 19.3. The number of aliphatic hydroxyl groups is 1. The van der Waals surface area contributed by atoms with Crippen LogP contribution in [0.1, 0.15) is 34.6 Å². The van der Waals surface area contributed by atoms with E-state index in [1.165, 1.54) is 6.92 Å². The Morgan fingerprint density at radius 3 is 2.28 bits per heavy atom. The summed E-state index contributed by atoms with van der Waals surface area (Å²) in [7, 11) is 0. The van der Waals surface area contributed by atoms with Crippen LogP contribution in [-0.4, -0.2) is 51.0 Å². The highest BCUT2D eigenvalue weighted by Crippen LogP contribution is 2.34. The third-order valence-corrected chi connectivity index (χ3v) is 3.16. The van der Waals surface area contributed by atoms with Crippen LogP contribution >= 0.6 is 0 Å². The van der Waals surface area contributed by atoms with Gasteiger partial charge in [0.05, 0.1) is 12.1 Å². The van der Waals surface area contributed by atoms with Crippen LogP contribution in [0.5, 0.6) is 0 Å². The van der Waals surface area contributed by atoms with Crippen molar-refractivity contribution in [2.45, 2.75) is 51.9 Å². The first-order valence-corrected chi connectivity index (χ1v) is 5.90. The van der Waals surface area contributed by atoms with Crippen LogP contribution < -0.4 is 0 Å². The molecule has 1 fully saturated rings. The van der Waals surface area contributed by atoms with Gasteiger partial charge in [0.25, 0.3) is 0 Å². The minimum Gasteiger partial charge on any atom is -0.480 e. The Hall–Kier alpha value is -1.30. The minimum absolute atomic E-state index is 0.0416. The topological polar surface area (TPSA) is 87.1 Å². The van der Waals surface area contributed by atoms with Crippen LogP contribution in [0.25, 0.3) is 0 Å². The molecule has 104 valence electrons. The highest BCUT2D eigenvalue weighted by atomic mass is 16.6. The molecule has 1 saturated heterocycles. The molecule has 6 nitrogen and oxygen atoms in total. The fourth-order valence-corrected chi connectivity index (χ4v) is 2.04. The van der Waals surface area contributed by atoms with Gasteiger partial charge in [-0.25, -0.2) is 9.59 Å². The number of aliphatic carboxylic acids is 1. The second kappa shape index (κ2) is 4.42. The molecule has 0 unspecified atom stereocenters. The maximum Gasteiger partial charge on any atom is 0.411 e. The molecule has 0 aromatic carbocycles. The molecule has 0 spiro atoms. The van der Waals surface area contributed by atoms with E-state index >= 15 is 0 Å². The number of hydrogen-bond acceptors (Lipinski definition) is 4. The summed E-state index contributed by atoms with van der Waals surface area (Å²) in [6.07, 6.45) is -0.709. The first-order valence-electron chi connectivity index (χ1n) is 5.90. The van der Waals surface area contributed by atoms with E-state index in [1.54, 1.807) is 27.7 Å². The number of carbonyl (C=O) groups is 2. The molecule has 0 aromatic rings. The van der Waals surface area contributed by atoms with Crippen LogP contribution in [0.3, 0.4) is 0 Å². The molecule has 0 saturated carbocycles. The third-order valence-electron chi connectivity index (χ3n) is 3.16. The molecule has 3 atom stereocenters. The fraction of sp³-hybridized carbons (Fsp3) is 0.833. The number of amides is 1. The van der Waals surface area contributed by atoms with Gasteiger partial charge in [-0.2, -0.15) is 0 Å². The van der Waals surface area contributed by atoms with Crippen LogP contribution in [0.2, 0.25) is 0 Å². The molecular weight excluding hydrogens is 238 g/mol. The summed E-state index contributed by atoms with van der Waals surface area (Å²) in [5.74, 6) is -1.69. The van der Waals surface area contributed by atoms with Gasteiger partial charge in [-0.15, -0.1) is 0 Å². The Labute approximate surface area is 107 Å². The molecule has 1 rings (SSSR count). The first kappa shape index (κ1) is 14.8. The maximum absolute atomic E-state index is 11.9. The Kier molecular flexibility index (Phi) is 3.63. The first-order chi connectivity index (χ1) is 7.96. The highest BCUT2D eigenvalue weighted by Gasteiger charge is 2.52. The zero-order valence-electron chi connectivity index (χ0n) is 11.4. The van der Waals surface area contributed by atoms with E-state index in [-0.39, 0.29) is 6.54 Å². The lowest BCUT2D eigenvalue weighted by atomic mass is 9.90. The van der Waals surface area contributed by atoms with Gasteiger partial charge in [-0.3, -0.25) is 4.90 Å². The number of nitrogens with zero attached hydrogens (tertiary/aromatic N) is 1. The van der Waals surface area contributed by atoms with Crippen molar-refractivity contribution in [3.05, 3.63) is 0 Å². The average Bonchev–Trinajstić information content (AvgIpc) is 2.35. The van der Waals surface area contributed by atoms with E-state index in [0.717, 1.165) is 4.90 Å². The molecule has 0 bridgehead atoms. The molecule has 2 N–H and O–H groups in total. The van der Waals surface area contributed by atoms with Gasteiger partial charge >= 0.3 is 12.1 Å². The van der Waals surface area contributed by atoms with E-state index in [2.05, 4.69) is 0 Å². The SMILES string of the molecule is C[C@H]1[C@@H](C(=O)O)N(C(=O)OC(C)(C)C)C[C@]1(C)O. The number of β-amino-alcohol motifs (C(OH)–C–C–N with tert-alkyl or cyclic N) is 1. The highest BCUT2D eigenvalue weighted by molar-refractivity contribution is 5.81. The van der Waals surface area contributed by atoms with Gasteiger partial charge in [0.2, 0.25) is 0 Å². The number of carboxylic acid groups (broad SMARTS) is 1. The van der Waals surface area contributed by atoms with E-state index < -0.39 is 35.2 Å². The monoisotopic (exact) mass is 259 g/mol. The van der Waals surface area contributed by atoms with E-state index in [0.29, 0.717) is 0 Å². The predicted molar refractivity (Wildman–Crippen MR) is 64.2 cm³/mol. The molecule has 0 radical (unpaired) electrons. The molecule has 1 aliphatic heterocycles. The number of carbonyl (C=O) groups excluding carboxylic acids is 1. The van der Waals surface area contributed by atoms with E-state index in [9.17, 15) is 19.8 Å². The number of likely N-dealkylation sites (tertiary alicyclic amines) is 1. The van der Waals surface area contributed by atoms with Crippen molar-refractivity contribution in [2.75, 3.05) is 6.54 Å². The van der Waals surface area contributed by atoms with Crippen molar-refractivity contribution in [3.8, 4) is 0 Å². The van der Waals surface area contributed by atoms with Crippen LogP contribution in [0.4, 0.5) is 4.79 Å².